The Kier molecular flexibility index (Phi) is 62.5. The van der Waals surface area contributed by atoms with E-state index in [0.717, 1.165) is 167 Å². The minimum absolute atomic E-state index is 0.0770. The Morgan fingerprint density at radius 1 is 0.268 bits per heavy atom. The van der Waals surface area contributed by atoms with Gasteiger partial charge in [0.25, 0.3) is 0 Å². The largest absolute Gasteiger partial charge is 0.462 e. The topological polar surface area (TPSA) is 78.9 Å². The normalized spacial score (nSPS) is 13.5. The van der Waals surface area contributed by atoms with E-state index in [1.54, 1.807) is 6.08 Å². The maximum Gasteiger partial charge on any atom is 0.310 e. The molecule has 0 fully saturated rings. The van der Waals surface area contributed by atoms with Gasteiger partial charge in [0, 0.05) is 12.8 Å². The molecule has 454 valence electrons. The van der Waals surface area contributed by atoms with Crippen LogP contribution in [0.15, 0.2) is 207 Å². The number of hydrogen-bond donors (Lipinski definition) is 0. The minimum atomic E-state index is -0.862. The van der Waals surface area contributed by atoms with E-state index in [2.05, 4.69) is 215 Å². The number of carbonyl (C=O) groups excluding carboxylic acids is 3. The summed E-state index contributed by atoms with van der Waals surface area (Å²) in [5, 5.41) is 0. The molecule has 0 rings (SSSR count). The summed E-state index contributed by atoms with van der Waals surface area (Å²) in [6.45, 7) is 6.23. The maximum atomic E-state index is 12.8. The predicted molar refractivity (Wildman–Crippen MR) is 357 cm³/mol. The molecule has 6 heteroatoms. The Hall–Kier alpha value is -6.01. The van der Waals surface area contributed by atoms with Gasteiger partial charge >= 0.3 is 17.9 Å². The Balaban J connectivity index is 4.43. The van der Waals surface area contributed by atoms with E-state index in [4.69, 9.17) is 14.2 Å². The van der Waals surface area contributed by atoms with Crippen LogP contribution in [0, 0.1) is 0 Å². The third kappa shape index (κ3) is 64.8. The van der Waals surface area contributed by atoms with Crippen molar-refractivity contribution in [2.75, 3.05) is 13.2 Å². The fourth-order valence-corrected chi connectivity index (χ4v) is 7.80. The number of hydrogen-bond acceptors (Lipinski definition) is 6. The average molecular weight is 1120 g/mol. The molecule has 1 unspecified atom stereocenters. The molecule has 0 aromatic heterocycles. The van der Waals surface area contributed by atoms with Crippen molar-refractivity contribution < 1.29 is 28.6 Å². The molecule has 0 amide bonds. The number of allylic oxidation sites excluding steroid dienone is 33. The lowest BCUT2D eigenvalue weighted by Gasteiger charge is -2.18. The van der Waals surface area contributed by atoms with Crippen LogP contribution < -0.4 is 0 Å². The molecule has 82 heavy (non-hydrogen) atoms. The van der Waals surface area contributed by atoms with E-state index in [9.17, 15) is 14.4 Å². The standard InChI is InChI=1S/C76H114O6/c1-4-7-10-13-16-19-22-25-28-29-30-31-32-33-34-35-36-37-38-39-40-41-42-43-44-45-46-47-49-51-54-57-60-63-66-69-75(78)81-72-73(71-80-74(77)68-65-62-59-56-53-50-27-24-21-18-15-12-9-6-3)82-76(79)70-67-64-61-58-55-52-48-26-23-20-17-14-11-8-5-2/h7-8,10-11,15-20,24-28,30-31,33-34,36-37,39-40,42-43,45-46,48-49,51,55,58,64,67,73H,4-6,9,12-14,21-23,29,32,35,38,41,44,47,50,52-54,56-57,59-63,65-66,68-72H2,1-3H3/b10-7-,11-8-,18-15-,19-16-,20-17-,27-24-,28-25-,31-30-,34-33-,37-36-,40-39-,43-42-,46-45-,48-26-,51-49-,58-55-,67-64-. The third-order valence-corrected chi connectivity index (χ3v) is 12.5. The molecule has 0 saturated carbocycles. The fraction of sp³-hybridized carbons (Fsp3) is 0.513. The zero-order chi connectivity index (χ0) is 59.2. The summed E-state index contributed by atoms with van der Waals surface area (Å²) in [6, 6.07) is 0. The van der Waals surface area contributed by atoms with Gasteiger partial charge in [-0.1, -0.05) is 272 Å². The highest BCUT2D eigenvalue weighted by atomic mass is 16.6. The van der Waals surface area contributed by atoms with Crippen LogP contribution in [0.1, 0.15) is 233 Å². The van der Waals surface area contributed by atoms with Crippen molar-refractivity contribution in [2.45, 2.75) is 239 Å². The summed E-state index contributed by atoms with van der Waals surface area (Å²) in [7, 11) is 0. The Morgan fingerprint density at radius 2 is 0.512 bits per heavy atom. The lowest BCUT2D eigenvalue weighted by molar-refractivity contribution is -0.166. The molecule has 0 spiro atoms. The fourth-order valence-electron chi connectivity index (χ4n) is 7.80. The van der Waals surface area contributed by atoms with Crippen molar-refractivity contribution in [3.8, 4) is 0 Å². The van der Waals surface area contributed by atoms with Gasteiger partial charge < -0.3 is 14.2 Å². The van der Waals surface area contributed by atoms with Crippen LogP contribution in [0.25, 0.3) is 0 Å². The van der Waals surface area contributed by atoms with E-state index >= 15 is 0 Å². The van der Waals surface area contributed by atoms with Crippen LogP contribution in [0.4, 0.5) is 0 Å². The number of unbranched alkanes of at least 4 members (excludes halogenated alkanes) is 11. The molecule has 0 aliphatic carbocycles. The van der Waals surface area contributed by atoms with Crippen molar-refractivity contribution in [1.82, 2.24) is 0 Å². The predicted octanol–water partition coefficient (Wildman–Crippen LogP) is 22.4. The van der Waals surface area contributed by atoms with E-state index < -0.39 is 12.1 Å². The maximum absolute atomic E-state index is 12.8. The number of rotatable bonds is 55. The molecular formula is C76H114O6. The second kappa shape index (κ2) is 67.5. The average Bonchev–Trinajstić information content (AvgIpc) is 3.48. The molecule has 0 heterocycles. The molecule has 0 aromatic carbocycles. The zero-order valence-electron chi connectivity index (χ0n) is 51.9. The monoisotopic (exact) mass is 1120 g/mol. The smallest absolute Gasteiger partial charge is 0.310 e. The molecule has 1 atom stereocenters. The molecule has 0 aliphatic rings. The van der Waals surface area contributed by atoms with Crippen LogP contribution in [-0.2, 0) is 28.6 Å². The first-order valence-electron chi connectivity index (χ1n) is 32.1. The van der Waals surface area contributed by atoms with Gasteiger partial charge in [-0.3, -0.25) is 14.4 Å². The van der Waals surface area contributed by atoms with Crippen LogP contribution >= 0.6 is 0 Å². The first-order valence-corrected chi connectivity index (χ1v) is 32.1. The van der Waals surface area contributed by atoms with Crippen molar-refractivity contribution in [3.05, 3.63) is 207 Å². The quantitative estimate of drug-likeness (QED) is 0.0261. The molecular weight excluding hydrogens is 1010 g/mol. The number of carbonyl (C=O) groups is 3. The summed E-state index contributed by atoms with van der Waals surface area (Å²) in [4.78, 5) is 38.2. The van der Waals surface area contributed by atoms with E-state index in [0.29, 0.717) is 19.3 Å². The highest BCUT2D eigenvalue weighted by Gasteiger charge is 2.19. The molecule has 0 aliphatic heterocycles. The van der Waals surface area contributed by atoms with E-state index in [1.807, 2.05) is 6.08 Å². The summed E-state index contributed by atoms with van der Waals surface area (Å²) in [5.74, 6) is -1.13. The van der Waals surface area contributed by atoms with Crippen molar-refractivity contribution in [1.29, 1.82) is 0 Å². The zero-order valence-corrected chi connectivity index (χ0v) is 51.9. The minimum Gasteiger partial charge on any atom is -0.462 e. The van der Waals surface area contributed by atoms with Gasteiger partial charge in [-0.05, 0) is 148 Å². The van der Waals surface area contributed by atoms with E-state index in [-0.39, 0.29) is 31.6 Å². The molecule has 0 aromatic rings. The molecule has 0 saturated heterocycles. The summed E-state index contributed by atoms with van der Waals surface area (Å²) in [5.41, 5.74) is 0. The Morgan fingerprint density at radius 3 is 0.805 bits per heavy atom. The van der Waals surface area contributed by atoms with Crippen molar-refractivity contribution in [2.24, 2.45) is 0 Å². The van der Waals surface area contributed by atoms with E-state index in [1.165, 1.54) is 19.3 Å². The van der Waals surface area contributed by atoms with Gasteiger partial charge in [-0.25, -0.2) is 0 Å². The second-order valence-electron chi connectivity index (χ2n) is 20.2. The van der Waals surface area contributed by atoms with Gasteiger partial charge in [0.1, 0.15) is 13.2 Å². The number of esters is 3. The van der Waals surface area contributed by atoms with Crippen LogP contribution in [0.3, 0.4) is 0 Å². The van der Waals surface area contributed by atoms with Gasteiger partial charge in [-0.2, -0.15) is 0 Å². The molecule has 6 nitrogen and oxygen atoms in total. The van der Waals surface area contributed by atoms with Crippen LogP contribution in [0.5, 0.6) is 0 Å². The second-order valence-corrected chi connectivity index (χ2v) is 20.2. The van der Waals surface area contributed by atoms with Crippen LogP contribution in [-0.4, -0.2) is 37.2 Å². The lowest BCUT2D eigenvalue weighted by atomic mass is 10.1. The summed E-state index contributed by atoms with van der Waals surface area (Å²) < 4.78 is 16.7. The first kappa shape index (κ1) is 76.0. The highest BCUT2D eigenvalue weighted by Crippen LogP contribution is 2.12. The summed E-state index contributed by atoms with van der Waals surface area (Å²) in [6.07, 6.45) is 104. The van der Waals surface area contributed by atoms with Crippen molar-refractivity contribution in [3.63, 3.8) is 0 Å². The molecule has 0 bridgehead atoms. The Bertz CT molecular complexity index is 2020. The summed E-state index contributed by atoms with van der Waals surface area (Å²) >= 11 is 0. The first-order chi connectivity index (χ1) is 40.5. The van der Waals surface area contributed by atoms with Crippen molar-refractivity contribution >= 4 is 17.9 Å². The SMILES string of the molecule is CC/C=C\C/C=C\C/C=C\C/C=C\C/C=C\C/C=C\C/C=C\C/C=C\C/C=C\C/C=C\CCCCCCC(=O)OCC(COC(=O)CCCCCCC/C=C\C/C=C\CCCC)OC(=O)C/C=C\C/C=C\C/C=C\C/C=C\C/C=C\CC. The van der Waals surface area contributed by atoms with Crippen LogP contribution in [0.2, 0.25) is 0 Å². The molecule has 0 radical (unpaired) electrons. The van der Waals surface area contributed by atoms with Gasteiger partial charge in [-0.15, -0.1) is 0 Å². The number of ether oxygens (including phenoxy) is 3. The highest BCUT2D eigenvalue weighted by molar-refractivity contribution is 5.72. The van der Waals surface area contributed by atoms with Gasteiger partial charge in [0.2, 0.25) is 0 Å². The van der Waals surface area contributed by atoms with Gasteiger partial charge in [0.15, 0.2) is 6.10 Å². The molecule has 0 N–H and O–H groups in total. The Labute approximate surface area is 502 Å². The third-order valence-electron chi connectivity index (χ3n) is 12.5. The van der Waals surface area contributed by atoms with Gasteiger partial charge in [0.05, 0.1) is 6.42 Å². The lowest BCUT2D eigenvalue weighted by Crippen LogP contribution is -2.30.